The van der Waals surface area contributed by atoms with Gasteiger partial charge in [-0.25, -0.2) is 12.8 Å². The van der Waals surface area contributed by atoms with Crippen LogP contribution in [0.1, 0.15) is 23.1 Å². The predicted octanol–water partition coefficient (Wildman–Crippen LogP) is 1.72. The number of piperazine rings is 1. The average molecular weight is 404 g/mol. The number of aliphatic carboxylic acids is 1. The minimum Gasteiger partial charge on any atom is -0.481 e. The average Bonchev–Trinajstić information content (AvgIpc) is 3.23. The molecule has 28 heavy (non-hydrogen) atoms. The lowest BCUT2D eigenvalue weighted by molar-refractivity contribution is -0.136. The van der Waals surface area contributed by atoms with Crippen molar-refractivity contribution >= 4 is 15.8 Å². The second-order valence-corrected chi connectivity index (χ2v) is 9.89. The third kappa shape index (κ3) is 2.83. The van der Waals surface area contributed by atoms with E-state index in [0.717, 1.165) is 5.56 Å². The van der Waals surface area contributed by atoms with Gasteiger partial charge in [0.1, 0.15) is 10.7 Å². The molecule has 2 atom stereocenters. The summed E-state index contributed by atoms with van der Waals surface area (Å²) in [6.45, 7) is 2.31. The van der Waals surface area contributed by atoms with Gasteiger partial charge in [-0.2, -0.15) is 0 Å². The molecule has 2 aliphatic heterocycles. The first-order valence-electron chi connectivity index (χ1n) is 9.00. The molecule has 2 aromatic carbocycles. The molecule has 8 heteroatoms. The molecule has 0 unspecified atom stereocenters. The Labute approximate surface area is 162 Å². The van der Waals surface area contributed by atoms with Crippen molar-refractivity contribution in [1.29, 1.82) is 0 Å². The van der Waals surface area contributed by atoms with Crippen LogP contribution in [-0.2, 0) is 26.6 Å². The molecule has 2 fully saturated rings. The predicted molar refractivity (Wildman–Crippen MR) is 101 cm³/mol. The maximum Gasteiger partial charge on any atom is 0.307 e. The Bertz CT molecular complexity index is 1060. The summed E-state index contributed by atoms with van der Waals surface area (Å²) in [6.07, 6.45) is 0.0367. The number of fused-ring (bicyclic) bond motifs is 2. The first-order chi connectivity index (χ1) is 13.2. The van der Waals surface area contributed by atoms with Crippen LogP contribution in [0.3, 0.4) is 0 Å². The zero-order valence-electron chi connectivity index (χ0n) is 15.3. The maximum absolute atomic E-state index is 13.7. The summed E-state index contributed by atoms with van der Waals surface area (Å²) in [6, 6.07) is 10.8. The molecular weight excluding hydrogens is 383 g/mol. The number of nitrogens with one attached hydrogen (secondary N) is 2. The molecule has 2 bridgehead atoms. The van der Waals surface area contributed by atoms with Crippen LogP contribution in [0.2, 0.25) is 0 Å². The fourth-order valence-corrected chi connectivity index (χ4v) is 6.21. The van der Waals surface area contributed by atoms with Gasteiger partial charge in [-0.1, -0.05) is 18.2 Å². The van der Waals surface area contributed by atoms with Gasteiger partial charge in [-0.05, 0) is 47.9 Å². The molecule has 2 heterocycles. The first-order valence-corrected chi connectivity index (χ1v) is 10.5. The van der Waals surface area contributed by atoms with Crippen LogP contribution in [0.25, 0.3) is 0 Å². The van der Waals surface area contributed by atoms with E-state index in [4.69, 9.17) is 5.11 Å². The van der Waals surface area contributed by atoms with Crippen molar-refractivity contribution in [2.75, 3.05) is 13.1 Å². The van der Waals surface area contributed by atoms with Gasteiger partial charge in [-0.15, -0.1) is 0 Å². The Morgan fingerprint density at radius 3 is 2.61 bits per heavy atom. The fourth-order valence-electron chi connectivity index (χ4n) is 4.26. The van der Waals surface area contributed by atoms with Crippen LogP contribution < -0.4 is 10.6 Å². The van der Waals surface area contributed by atoms with Crippen LogP contribution in [0.5, 0.6) is 0 Å². The molecule has 2 saturated heterocycles. The topological polar surface area (TPSA) is 95.5 Å². The van der Waals surface area contributed by atoms with Gasteiger partial charge in [0.05, 0.1) is 16.9 Å². The van der Waals surface area contributed by atoms with Gasteiger partial charge in [-0.3, -0.25) is 10.1 Å². The minimum atomic E-state index is -3.80. The van der Waals surface area contributed by atoms with Crippen molar-refractivity contribution in [2.45, 2.75) is 35.1 Å². The summed E-state index contributed by atoms with van der Waals surface area (Å²) in [7, 11) is -3.80. The third-order valence-corrected chi connectivity index (χ3v) is 8.21. The maximum atomic E-state index is 13.7. The van der Waals surface area contributed by atoms with Crippen molar-refractivity contribution in [3.05, 3.63) is 65.0 Å². The summed E-state index contributed by atoms with van der Waals surface area (Å²) in [5.41, 5.74) is 1.27. The molecule has 0 amide bonds. The lowest BCUT2D eigenvalue weighted by Gasteiger charge is -2.30. The van der Waals surface area contributed by atoms with Gasteiger partial charge < -0.3 is 10.4 Å². The van der Waals surface area contributed by atoms with Gasteiger partial charge in [0, 0.05) is 19.5 Å². The van der Waals surface area contributed by atoms with E-state index >= 15 is 0 Å². The number of halogens is 1. The molecule has 4 rings (SSSR count). The van der Waals surface area contributed by atoms with E-state index in [1.807, 2.05) is 0 Å². The molecule has 2 aromatic rings. The zero-order chi connectivity index (χ0) is 20.2. The number of carbonyl (C=O) groups is 1. The van der Waals surface area contributed by atoms with E-state index in [0.29, 0.717) is 17.7 Å². The van der Waals surface area contributed by atoms with Crippen LogP contribution in [0.15, 0.2) is 47.4 Å². The highest BCUT2D eigenvalue weighted by Gasteiger charge is 2.61. The number of hydrogen-bond acceptors (Lipinski definition) is 5. The molecule has 3 N–H and O–H groups in total. The van der Waals surface area contributed by atoms with Crippen molar-refractivity contribution in [1.82, 2.24) is 10.6 Å². The van der Waals surface area contributed by atoms with Crippen molar-refractivity contribution < 1.29 is 22.7 Å². The van der Waals surface area contributed by atoms with Crippen molar-refractivity contribution in [3.8, 4) is 0 Å². The van der Waals surface area contributed by atoms with Gasteiger partial charge >= 0.3 is 5.97 Å². The van der Waals surface area contributed by atoms with E-state index in [2.05, 4.69) is 10.6 Å². The molecule has 0 aromatic heterocycles. The van der Waals surface area contributed by atoms with E-state index in [1.54, 1.807) is 25.1 Å². The second kappa shape index (κ2) is 6.37. The highest BCUT2D eigenvalue weighted by molar-refractivity contribution is 7.92. The summed E-state index contributed by atoms with van der Waals surface area (Å²) in [5.74, 6) is -1.37. The lowest BCUT2D eigenvalue weighted by atomic mass is 9.90. The molecule has 0 aliphatic carbocycles. The third-order valence-electron chi connectivity index (χ3n) is 5.88. The second-order valence-electron chi connectivity index (χ2n) is 7.63. The van der Waals surface area contributed by atoms with E-state index < -0.39 is 26.2 Å². The number of rotatable bonds is 5. The van der Waals surface area contributed by atoms with Crippen molar-refractivity contribution in [2.24, 2.45) is 0 Å². The van der Waals surface area contributed by atoms with Crippen LogP contribution in [0, 0.1) is 12.7 Å². The number of aryl methyl sites for hydroxylation is 1. The Morgan fingerprint density at radius 2 is 1.96 bits per heavy atom. The van der Waals surface area contributed by atoms with Crippen molar-refractivity contribution in [3.63, 3.8) is 0 Å². The number of carboxylic acid groups (broad SMARTS) is 1. The molecule has 0 radical (unpaired) electrons. The lowest BCUT2D eigenvalue weighted by Crippen LogP contribution is -2.56. The SMILES string of the molecule is Cc1ccc(S(=O)(=O)[C@@]23CN[C@@](c4cccc(F)c4)(CN2)C3)cc1CC(=O)O. The molecule has 6 nitrogen and oxygen atoms in total. The Morgan fingerprint density at radius 1 is 1.18 bits per heavy atom. The largest absolute Gasteiger partial charge is 0.481 e. The summed E-state index contributed by atoms with van der Waals surface area (Å²) in [4.78, 5) is 9.97. The quantitative estimate of drug-likeness (QED) is 0.703. The van der Waals surface area contributed by atoms with E-state index in [1.165, 1.54) is 24.3 Å². The molecule has 0 saturated carbocycles. The Hall–Kier alpha value is -2.29. The minimum absolute atomic E-state index is 0.0978. The van der Waals surface area contributed by atoms with Crippen LogP contribution in [-0.4, -0.2) is 37.5 Å². The summed E-state index contributed by atoms with van der Waals surface area (Å²) in [5, 5.41) is 15.5. The summed E-state index contributed by atoms with van der Waals surface area (Å²) >= 11 is 0. The number of benzene rings is 2. The first kappa shape index (κ1) is 19.0. The Balaban J connectivity index is 1.71. The zero-order valence-corrected chi connectivity index (χ0v) is 16.1. The normalized spacial score (nSPS) is 26.5. The van der Waals surface area contributed by atoms with Crippen LogP contribution >= 0.6 is 0 Å². The number of carboxylic acids is 1. The van der Waals surface area contributed by atoms with Gasteiger partial charge in [0.15, 0.2) is 9.84 Å². The highest BCUT2D eigenvalue weighted by Crippen LogP contribution is 2.46. The molecule has 2 aliphatic rings. The van der Waals surface area contributed by atoms with Gasteiger partial charge in [0.2, 0.25) is 0 Å². The highest BCUT2D eigenvalue weighted by atomic mass is 32.2. The van der Waals surface area contributed by atoms with E-state index in [-0.39, 0.29) is 30.1 Å². The van der Waals surface area contributed by atoms with Gasteiger partial charge in [0.25, 0.3) is 0 Å². The Kier molecular flexibility index (Phi) is 4.33. The number of hydrogen-bond donors (Lipinski definition) is 3. The summed E-state index contributed by atoms with van der Waals surface area (Å²) < 4.78 is 40.7. The molecular formula is C20H21FN2O4S. The molecule has 148 valence electrons. The smallest absolute Gasteiger partial charge is 0.307 e. The number of sulfone groups is 1. The standard InChI is InChI=1S/C20H21FN2O4S/c1-13-5-6-17(7-14(13)8-18(24)25)28(26,27)20-10-19(11-23-20,22-12-20)15-3-2-4-16(21)9-15/h2-7,9,22-23H,8,10-12H2,1H3,(H,24,25)/t19-,20+/m1/s1. The molecule has 0 spiro atoms. The van der Waals surface area contributed by atoms with E-state index in [9.17, 15) is 17.6 Å². The van der Waals surface area contributed by atoms with Crippen LogP contribution in [0.4, 0.5) is 4.39 Å². The monoisotopic (exact) mass is 404 g/mol. The fraction of sp³-hybridized carbons (Fsp3) is 0.350.